The Balaban J connectivity index is 2.16. The lowest BCUT2D eigenvalue weighted by Crippen LogP contribution is -2.03. The van der Waals surface area contributed by atoms with Crippen molar-refractivity contribution in [2.24, 2.45) is 0 Å². The average Bonchev–Trinajstić information content (AvgIpc) is 2.34. The van der Waals surface area contributed by atoms with Crippen molar-refractivity contribution in [3.8, 4) is 0 Å². The lowest BCUT2D eigenvalue weighted by atomic mass is 10.2. The molecule has 0 saturated carbocycles. The van der Waals surface area contributed by atoms with Crippen LogP contribution in [0.1, 0.15) is 6.42 Å². The van der Waals surface area contributed by atoms with Gasteiger partial charge in [-0.05, 0) is 46.5 Å². The van der Waals surface area contributed by atoms with Crippen LogP contribution in [0, 0.1) is 0 Å². The largest absolute Gasteiger partial charge is 0.383 e. The molecule has 0 aliphatic carbocycles. The summed E-state index contributed by atoms with van der Waals surface area (Å²) in [7, 11) is 0. The summed E-state index contributed by atoms with van der Waals surface area (Å²) in [6.07, 6.45) is 5.15. The Morgan fingerprint density at radius 3 is 3.12 bits per heavy atom. The number of fused-ring (bicyclic) bond motifs is 1. The van der Waals surface area contributed by atoms with Crippen LogP contribution in [-0.4, -0.2) is 23.5 Å². The predicted octanol–water partition coefficient (Wildman–Crippen LogP) is 4.16. The molecule has 2 nitrogen and oxygen atoms in total. The maximum Gasteiger partial charge on any atom is 0.0934 e. The summed E-state index contributed by atoms with van der Waals surface area (Å²) in [6, 6.07) is 8.32. The van der Waals surface area contributed by atoms with Gasteiger partial charge in [0.1, 0.15) is 0 Å². The van der Waals surface area contributed by atoms with Gasteiger partial charge in [0.25, 0.3) is 0 Å². The van der Waals surface area contributed by atoms with Crippen LogP contribution >= 0.6 is 27.7 Å². The van der Waals surface area contributed by atoms with Crippen molar-refractivity contribution in [3.05, 3.63) is 34.9 Å². The molecule has 17 heavy (non-hydrogen) atoms. The number of rotatable bonds is 5. The van der Waals surface area contributed by atoms with E-state index in [1.54, 1.807) is 0 Å². The summed E-state index contributed by atoms with van der Waals surface area (Å²) < 4.78 is 1.02. The molecular formula is C13H15BrN2S. The number of hydrogen-bond acceptors (Lipinski definition) is 3. The van der Waals surface area contributed by atoms with E-state index in [4.69, 9.17) is 0 Å². The van der Waals surface area contributed by atoms with Gasteiger partial charge in [0.05, 0.1) is 11.2 Å². The molecule has 1 aromatic carbocycles. The number of nitrogens with one attached hydrogen (secondary N) is 1. The van der Waals surface area contributed by atoms with E-state index in [0.717, 1.165) is 27.6 Å². The number of benzene rings is 1. The van der Waals surface area contributed by atoms with Gasteiger partial charge in [0.15, 0.2) is 0 Å². The molecule has 0 saturated heterocycles. The van der Waals surface area contributed by atoms with E-state index < -0.39 is 0 Å². The third-order valence-electron chi connectivity index (χ3n) is 2.52. The summed E-state index contributed by atoms with van der Waals surface area (Å²) in [6.45, 7) is 0.998. The molecule has 1 heterocycles. The molecule has 0 spiro atoms. The number of para-hydroxylation sites is 1. The van der Waals surface area contributed by atoms with Crippen LogP contribution < -0.4 is 5.32 Å². The lowest BCUT2D eigenvalue weighted by Gasteiger charge is -2.08. The number of pyridine rings is 1. The molecule has 90 valence electrons. The highest BCUT2D eigenvalue weighted by Crippen LogP contribution is 2.23. The Morgan fingerprint density at radius 1 is 1.41 bits per heavy atom. The molecule has 1 aromatic heterocycles. The first-order chi connectivity index (χ1) is 8.31. The fraction of sp³-hybridized carbons (Fsp3) is 0.308. The second kappa shape index (κ2) is 6.26. The molecular weight excluding hydrogens is 296 g/mol. The summed E-state index contributed by atoms with van der Waals surface area (Å²) in [4.78, 5) is 4.47. The molecule has 0 unspecified atom stereocenters. The average molecular weight is 311 g/mol. The molecule has 0 amide bonds. The van der Waals surface area contributed by atoms with E-state index in [2.05, 4.69) is 56.8 Å². The fourth-order valence-electron chi connectivity index (χ4n) is 1.72. The fourth-order valence-corrected chi connectivity index (χ4v) is 2.50. The molecule has 0 bridgehead atoms. The molecule has 1 N–H and O–H groups in total. The molecule has 0 aliphatic rings. The maximum atomic E-state index is 4.47. The van der Waals surface area contributed by atoms with E-state index >= 15 is 0 Å². The van der Waals surface area contributed by atoms with Gasteiger partial charge in [0, 0.05) is 22.6 Å². The van der Waals surface area contributed by atoms with E-state index in [-0.39, 0.29) is 0 Å². The van der Waals surface area contributed by atoms with Crippen molar-refractivity contribution in [1.82, 2.24) is 4.98 Å². The minimum Gasteiger partial charge on any atom is -0.383 e. The molecule has 0 atom stereocenters. The third-order valence-corrected chi connectivity index (χ3v) is 3.65. The summed E-state index contributed by atoms with van der Waals surface area (Å²) in [5.41, 5.74) is 2.16. The Morgan fingerprint density at radius 2 is 2.29 bits per heavy atom. The SMILES string of the molecule is CSCCCNc1cccc2cc(Br)cnc12. The first-order valence-electron chi connectivity index (χ1n) is 5.58. The van der Waals surface area contributed by atoms with Crippen LogP contribution in [0.15, 0.2) is 34.9 Å². The van der Waals surface area contributed by atoms with E-state index in [1.165, 1.54) is 12.2 Å². The van der Waals surface area contributed by atoms with Crippen LogP contribution in [0.3, 0.4) is 0 Å². The van der Waals surface area contributed by atoms with Gasteiger partial charge in [-0.2, -0.15) is 11.8 Å². The second-order valence-corrected chi connectivity index (χ2v) is 5.71. The number of hydrogen-bond donors (Lipinski definition) is 1. The molecule has 2 rings (SSSR count). The van der Waals surface area contributed by atoms with Crippen molar-refractivity contribution >= 4 is 44.3 Å². The third kappa shape index (κ3) is 3.36. The second-order valence-electron chi connectivity index (χ2n) is 3.80. The minimum absolute atomic E-state index is 0.998. The predicted molar refractivity (Wildman–Crippen MR) is 80.9 cm³/mol. The molecule has 4 heteroatoms. The number of anilines is 1. The van der Waals surface area contributed by atoms with Gasteiger partial charge in [-0.25, -0.2) is 0 Å². The van der Waals surface area contributed by atoms with Gasteiger partial charge in [0.2, 0.25) is 0 Å². The lowest BCUT2D eigenvalue weighted by molar-refractivity contribution is 0.994. The maximum absolute atomic E-state index is 4.47. The first-order valence-corrected chi connectivity index (χ1v) is 7.77. The Labute approximate surface area is 114 Å². The molecule has 0 radical (unpaired) electrons. The highest BCUT2D eigenvalue weighted by molar-refractivity contribution is 9.10. The van der Waals surface area contributed by atoms with Crippen molar-refractivity contribution in [2.45, 2.75) is 6.42 Å². The van der Waals surface area contributed by atoms with Crippen molar-refractivity contribution in [2.75, 3.05) is 23.9 Å². The van der Waals surface area contributed by atoms with Crippen LogP contribution in [0.4, 0.5) is 5.69 Å². The summed E-state index contributed by atoms with van der Waals surface area (Å²) in [5, 5.41) is 4.61. The van der Waals surface area contributed by atoms with Gasteiger partial charge in [-0.15, -0.1) is 0 Å². The summed E-state index contributed by atoms with van der Waals surface area (Å²) >= 11 is 5.33. The minimum atomic E-state index is 0.998. The standard InChI is InChI=1S/C13H15BrN2S/c1-17-7-3-6-15-12-5-2-4-10-8-11(14)9-16-13(10)12/h2,4-5,8-9,15H,3,6-7H2,1H3. The molecule has 0 aliphatic heterocycles. The van der Waals surface area contributed by atoms with E-state index in [9.17, 15) is 0 Å². The van der Waals surface area contributed by atoms with E-state index in [1.807, 2.05) is 18.0 Å². The highest BCUT2D eigenvalue weighted by Gasteiger charge is 2.01. The zero-order chi connectivity index (χ0) is 12.1. The van der Waals surface area contributed by atoms with Crippen LogP contribution in [-0.2, 0) is 0 Å². The topological polar surface area (TPSA) is 24.9 Å². The zero-order valence-electron chi connectivity index (χ0n) is 9.74. The van der Waals surface area contributed by atoms with Gasteiger partial charge in [-0.1, -0.05) is 12.1 Å². The van der Waals surface area contributed by atoms with Crippen molar-refractivity contribution in [1.29, 1.82) is 0 Å². The quantitative estimate of drug-likeness (QED) is 0.839. The monoisotopic (exact) mass is 310 g/mol. The zero-order valence-corrected chi connectivity index (χ0v) is 12.1. The van der Waals surface area contributed by atoms with Gasteiger partial charge < -0.3 is 5.32 Å². The molecule has 2 aromatic rings. The Kier molecular flexibility index (Phi) is 4.68. The van der Waals surface area contributed by atoms with Gasteiger partial charge in [-0.3, -0.25) is 4.98 Å². The highest BCUT2D eigenvalue weighted by atomic mass is 79.9. The normalized spacial score (nSPS) is 10.7. The number of thioether (sulfide) groups is 1. The van der Waals surface area contributed by atoms with E-state index in [0.29, 0.717) is 0 Å². The number of nitrogens with zero attached hydrogens (tertiary/aromatic N) is 1. The van der Waals surface area contributed by atoms with Crippen LogP contribution in [0.25, 0.3) is 10.9 Å². The van der Waals surface area contributed by atoms with Crippen LogP contribution in [0.5, 0.6) is 0 Å². The Bertz CT molecular complexity index is 502. The smallest absolute Gasteiger partial charge is 0.0934 e. The Hall–Kier alpha value is -0.740. The van der Waals surface area contributed by atoms with Gasteiger partial charge >= 0.3 is 0 Å². The first kappa shape index (κ1) is 12.7. The number of aromatic nitrogens is 1. The van der Waals surface area contributed by atoms with Crippen LogP contribution in [0.2, 0.25) is 0 Å². The van der Waals surface area contributed by atoms with Crippen molar-refractivity contribution in [3.63, 3.8) is 0 Å². The molecule has 0 fully saturated rings. The summed E-state index contributed by atoms with van der Waals surface area (Å²) in [5.74, 6) is 1.19. The van der Waals surface area contributed by atoms with Crippen molar-refractivity contribution < 1.29 is 0 Å². The number of halogens is 1.